The number of carbonyl (C=O) groups excluding carboxylic acids is 3. The van der Waals surface area contributed by atoms with Crippen molar-refractivity contribution in [2.75, 3.05) is 26.2 Å². The quantitative estimate of drug-likeness (QED) is 0.573. The molecule has 1 fully saturated rings. The Labute approximate surface area is 189 Å². The van der Waals surface area contributed by atoms with Crippen LogP contribution in [0.2, 0.25) is 0 Å². The lowest BCUT2D eigenvalue weighted by Crippen LogP contribution is -2.40. The molecule has 0 spiro atoms. The monoisotopic (exact) mass is 487 g/mol. The van der Waals surface area contributed by atoms with Crippen LogP contribution in [0.25, 0.3) is 0 Å². The van der Waals surface area contributed by atoms with Crippen LogP contribution >= 0.6 is 15.9 Å². The van der Waals surface area contributed by atoms with Gasteiger partial charge >= 0.3 is 0 Å². The smallest absolute Gasteiger partial charge is 0.261 e. The molecule has 1 aromatic carbocycles. The van der Waals surface area contributed by atoms with Gasteiger partial charge in [-0.1, -0.05) is 22.4 Å². The summed E-state index contributed by atoms with van der Waals surface area (Å²) in [6.45, 7) is 2.70. The van der Waals surface area contributed by atoms with Crippen LogP contribution in [0.3, 0.4) is 0 Å². The normalized spacial score (nSPS) is 17.6. The van der Waals surface area contributed by atoms with E-state index >= 15 is 0 Å². The van der Waals surface area contributed by atoms with E-state index < -0.39 is 0 Å². The maximum Gasteiger partial charge on any atom is 0.261 e. The van der Waals surface area contributed by atoms with Crippen molar-refractivity contribution in [1.29, 1.82) is 0 Å². The summed E-state index contributed by atoms with van der Waals surface area (Å²) in [5, 5.41) is 3.01. The summed E-state index contributed by atoms with van der Waals surface area (Å²) in [6, 6.07) is 8.91. The van der Waals surface area contributed by atoms with Gasteiger partial charge in [-0.05, 0) is 62.7 Å². The molecule has 7 nitrogen and oxygen atoms in total. The second-order valence-corrected chi connectivity index (χ2v) is 8.90. The molecule has 2 aromatic rings. The molecular weight excluding hydrogens is 462 g/mol. The first-order valence-electron chi connectivity index (χ1n) is 10.7. The number of rotatable bonds is 8. The predicted octanol–water partition coefficient (Wildman–Crippen LogP) is 3.76. The molecule has 0 saturated carbocycles. The van der Waals surface area contributed by atoms with Crippen molar-refractivity contribution in [3.05, 3.63) is 58.0 Å². The number of hydrogen-bond acceptors (Lipinski definition) is 5. The van der Waals surface area contributed by atoms with Gasteiger partial charge in [0.1, 0.15) is 5.76 Å². The second-order valence-electron chi connectivity index (χ2n) is 7.99. The van der Waals surface area contributed by atoms with Crippen LogP contribution in [0, 0.1) is 0 Å². The Morgan fingerprint density at radius 2 is 1.87 bits per heavy atom. The first kappa shape index (κ1) is 21.8. The Bertz CT molecular complexity index is 954. The summed E-state index contributed by atoms with van der Waals surface area (Å²) in [7, 11) is 0. The zero-order chi connectivity index (χ0) is 21.8. The maximum absolute atomic E-state index is 12.5. The lowest BCUT2D eigenvalue weighted by atomic mass is 10.1. The molecule has 1 unspecified atom stereocenters. The van der Waals surface area contributed by atoms with Crippen LogP contribution in [-0.4, -0.2) is 53.7 Å². The van der Waals surface area contributed by atoms with Gasteiger partial charge in [0, 0.05) is 24.0 Å². The van der Waals surface area contributed by atoms with Crippen LogP contribution < -0.4 is 5.32 Å². The molecule has 3 amide bonds. The number of nitrogens with zero attached hydrogens (tertiary/aromatic N) is 2. The van der Waals surface area contributed by atoms with E-state index in [0.29, 0.717) is 24.1 Å². The summed E-state index contributed by atoms with van der Waals surface area (Å²) < 4.78 is 6.37. The van der Waals surface area contributed by atoms with E-state index in [1.54, 1.807) is 24.5 Å². The fraction of sp³-hybridized carbons (Fsp3) is 0.435. The van der Waals surface area contributed by atoms with Crippen LogP contribution in [0.5, 0.6) is 0 Å². The molecule has 0 bridgehead atoms. The third kappa shape index (κ3) is 4.91. The Hall–Kier alpha value is -2.45. The SMILES string of the molecule is O=C(CCCN1C(=O)c2ccc(Br)cc2C1=O)NCC(c1ccco1)N1CCCCC1. The maximum atomic E-state index is 12.5. The summed E-state index contributed by atoms with van der Waals surface area (Å²) in [5.41, 5.74) is 0.826. The summed E-state index contributed by atoms with van der Waals surface area (Å²) in [6.07, 6.45) is 5.89. The number of halogens is 1. The van der Waals surface area contributed by atoms with Gasteiger partial charge < -0.3 is 9.73 Å². The number of amides is 3. The minimum atomic E-state index is -0.301. The van der Waals surface area contributed by atoms with Gasteiger partial charge in [-0.15, -0.1) is 0 Å². The minimum Gasteiger partial charge on any atom is -0.468 e. The van der Waals surface area contributed by atoms with Crippen LogP contribution in [0.15, 0.2) is 45.5 Å². The average Bonchev–Trinajstić information content (AvgIpc) is 3.38. The van der Waals surface area contributed by atoms with Gasteiger partial charge in [-0.2, -0.15) is 0 Å². The van der Waals surface area contributed by atoms with Crippen LogP contribution in [0.4, 0.5) is 0 Å². The van der Waals surface area contributed by atoms with Crippen molar-refractivity contribution >= 4 is 33.7 Å². The number of furan rings is 1. The highest BCUT2D eigenvalue weighted by Gasteiger charge is 2.35. The zero-order valence-corrected chi connectivity index (χ0v) is 18.9. The molecule has 1 aromatic heterocycles. The Morgan fingerprint density at radius 1 is 1.10 bits per heavy atom. The van der Waals surface area contributed by atoms with E-state index in [-0.39, 0.29) is 36.7 Å². The molecule has 1 atom stereocenters. The summed E-state index contributed by atoms with van der Waals surface area (Å²) >= 11 is 3.33. The van der Waals surface area contributed by atoms with Crippen LogP contribution in [-0.2, 0) is 4.79 Å². The fourth-order valence-corrected chi connectivity index (χ4v) is 4.64. The zero-order valence-electron chi connectivity index (χ0n) is 17.3. The topological polar surface area (TPSA) is 82.9 Å². The first-order chi connectivity index (χ1) is 15.0. The summed E-state index contributed by atoms with van der Waals surface area (Å²) in [4.78, 5) is 41.0. The van der Waals surface area contributed by atoms with Crippen molar-refractivity contribution in [1.82, 2.24) is 15.1 Å². The number of imide groups is 1. The number of likely N-dealkylation sites (tertiary alicyclic amines) is 1. The second kappa shape index (κ2) is 9.78. The number of fused-ring (bicyclic) bond motifs is 1. The average molecular weight is 488 g/mol. The van der Waals surface area contributed by atoms with Gasteiger partial charge in [0.25, 0.3) is 11.8 Å². The number of benzene rings is 1. The lowest BCUT2D eigenvalue weighted by Gasteiger charge is -2.33. The molecule has 3 heterocycles. The van der Waals surface area contributed by atoms with Crippen molar-refractivity contribution in [2.24, 2.45) is 0 Å². The van der Waals surface area contributed by atoms with Crippen molar-refractivity contribution in [3.8, 4) is 0 Å². The molecule has 0 radical (unpaired) electrons. The van der Waals surface area contributed by atoms with Gasteiger partial charge in [-0.25, -0.2) is 0 Å². The Balaban J connectivity index is 1.27. The van der Waals surface area contributed by atoms with Crippen LogP contribution in [0.1, 0.15) is 64.6 Å². The predicted molar refractivity (Wildman–Crippen MR) is 119 cm³/mol. The van der Waals surface area contributed by atoms with Gasteiger partial charge in [-0.3, -0.25) is 24.2 Å². The van der Waals surface area contributed by atoms with E-state index in [9.17, 15) is 14.4 Å². The third-order valence-corrected chi connectivity index (χ3v) is 6.41. The highest BCUT2D eigenvalue weighted by atomic mass is 79.9. The Morgan fingerprint density at radius 3 is 2.61 bits per heavy atom. The standard InChI is InChI=1S/C23H26BrN3O4/c24-16-8-9-17-18(14-16)23(30)27(22(17)29)12-4-7-21(28)25-15-19(20-6-5-13-31-20)26-10-2-1-3-11-26/h5-6,8-9,13-14,19H,1-4,7,10-12,15H2,(H,25,28). The van der Waals surface area contributed by atoms with Gasteiger partial charge in [0.2, 0.25) is 5.91 Å². The lowest BCUT2D eigenvalue weighted by molar-refractivity contribution is -0.121. The molecule has 4 rings (SSSR count). The molecule has 1 N–H and O–H groups in total. The number of nitrogens with one attached hydrogen (secondary N) is 1. The van der Waals surface area contributed by atoms with E-state index in [4.69, 9.17) is 4.42 Å². The van der Waals surface area contributed by atoms with E-state index in [2.05, 4.69) is 26.1 Å². The number of piperidine rings is 1. The van der Waals surface area contributed by atoms with Crippen molar-refractivity contribution < 1.29 is 18.8 Å². The molecule has 1 saturated heterocycles. The van der Waals surface area contributed by atoms with Crippen molar-refractivity contribution in [2.45, 2.75) is 38.1 Å². The molecule has 164 valence electrons. The molecular formula is C23H26BrN3O4. The molecule has 0 aliphatic carbocycles. The van der Waals surface area contributed by atoms with Gasteiger partial charge in [0.15, 0.2) is 0 Å². The molecule has 8 heteroatoms. The number of carbonyl (C=O) groups is 3. The third-order valence-electron chi connectivity index (χ3n) is 5.91. The van der Waals surface area contributed by atoms with E-state index in [0.717, 1.165) is 36.2 Å². The highest BCUT2D eigenvalue weighted by molar-refractivity contribution is 9.10. The number of hydrogen-bond donors (Lipinski definition) is 1. The van der Waals surface area contributed by atoms with E-state index in [1.165, 1.54) is 11.3 Å². The van der Waals surface area contributed by atoms with Gasteiger partial charge in [0.05, 0.1) is 23.4 Å². The van der Waals surface area contributed by atoms with Crippen molar-refractivity contribution in [3.63, 3.8) is 0 Å². The first-order valence-corrected chi connectivity index (χ1v) is 11.5. The summed E-state index contributed by atoms with van der Waals surface area (Å²) in [5.74, 6) is 0.174. The molecule has 31 heavy (non-hydrogen) atoms. The minimum absolute atomic E-state index is 0.0222. The fourth-order valence-electron chi connectivity index (χ4n) is 4.28. The Kier molecular flexibility index (Phi) is 6.87. The largest absolute Gasteiger partial charge is 0.468 e. The molecule has 2 aliphatic rings. The highest BCUT2D eigenvalue weighted by Crippen LogP contribution is 2.27. The molecule has 2 aliphatic heterocycles. The van der Waals surface area contributed by atoms with E-state index in [1.807, 2.05) is 12.1 Å².